The molecule has 21 heavy (non-hydrogen) atoms. The Bertz CT molecular complexity index is 485. The van der Waals surface area contributed by atoms with Crippen molar-refractivity contribution in [3.05, 3.63) is 29.8 Å². The minimum atomic E-state index is 0.0308. The fourth-order valence-corrected chi connectivity index (χ4v) is 2.36. The van der Waals surface area contributed by atoms with Gasteiger partial charge in [0.15, 0.2) is 0 Å². The Morgan fingerprint density at radius 2 is 1.86 bits per heavy atom. The first kappa shape index (κ1) is 17.2. The molecule has 1 aromatic carbocycles. The topological polar surface area (TPSA) is 40.6 Å². The molecule has 4 nitrogen and oxygen atoms in total. The highest BCUT2D eigenvalue weighted by molar-refractivity contribution is 5.93. The van der Waals surface area contributed by atoms with Gasteiger partial charge in [-0.05, 0) is 38.0 Å². The van der Waals surface area contributed by atoms with Crippen LogP contribution in [0.2, 0.25) is 0 Å². The van der Waals surface area contributed by atoms with Crippen molar-refractivity contribution in [3.63, 3.8) is 0 Å². The maximum Gasteiger partial charge on any atom is 0.228 e. The SMILES string of the molecule is CCCN(CCC(=O)N(CC)c1cccc(C)c1)C(C)=O. The van der Waals surface area contributed by atoms with Crippen molar-refractivity contribution in [2.24, 2.45) is 0 Å². The molecule has 0 heterocycles. The predicted octanol–water partition coefficient (Wildman–Crippen LogP) is 3.00. The summed E-state index contributed by atoms with van der Waals surface area (Å²) in [5.41, 5.74) is 2.06. The van der Waals surface area contributed by atoms with E-state index in [4.69, 9.17) is 0 Å². The van der Waals surface area contributed by atoms with E-state index in [1.807, 2.05) is 45.0 Å². The molecule has 0 radical (unpaired) electrons. The third-order valence-corrected chi connectivity index (χ3v) is 3.47. The van der Waals surface area contributed by atoms with E-state index in [9.17, 15) is 9.59 Å². The second kappa shape index (κ2) is 8.45. The molecule has 0 aromatic heterocycles. The number of benzene rings is 1. The maximum atomic E-state index is 12.4. The number of hydrogen-bond acceptors (Lipinski definition) is 2. The zero-order valence-corrected chi connectivity index (χ0v) is 13.6. The molecule has 2 amide bonds. The minimum Gasteiger partial charge on any atom is -0.342 e. The molecule has 0 atom stereocenters. The number of nitrogens with zero attached hydrogens (tertiary/aromatic N) is 2. The normalized spacial score (nSPS) is 10.3. The maximum absolute atomic E-state index is 12.4. The van der Waals surface area contributed by atoms with Gasteiger partial charge in [-0.3, -0.25) is 9.59 Å². The number of carbonyl (C=O) groups is 2. The molecule has 0 spiro atoms. The average Bonchev–Trinajstić information content (AvgIpc) is 2.44. The minimum absolute atomic E-state index is 0.0308. The van der Waals surface area contributed by atoms with Crippen LogP contribution in [0.3, 0.4) is 0 Å². The number of anilines is 1. The highest BCUT2D eigenvalue weighted by Gasteiger charge is 2.16. The van der Waals surface area contributed by atoms with E-state index in [2.05, 4.69) is 0 Å². The lowest BCUT2D eigenvalue weighted by molar-refractivity contribution is -0.129. The first-order chi connectivity index (χ1) is 9.99. The average molecular weight is 290 g/mol. The van der Waals surface area contributed by atoms with Crippen molar-refractivity contribution < 1.29 is 9.59 Å². The van der Waals surface area contributed by atoms with Crippen LogP contribution in [-0.4, -0.2) is 36.3 Å². The van der Waals surface area contributed by atoms with E-state index in [0.29, 0.717) is 26.1 Å². The lowest BCUT2D eigenvalue weighted by Crippen LogP contribution is -2.36. The van der Waals surface area contributed by atoms with Crippen LogP contribution in [-0.2, 0) is 9.59 Å². The van der Waals surface area contributed by atoms with Crippen molar-refractivity contribution in [1.29, 1.82) is 0 Å². The van der Waals surface area contributed by atoms with Gasteiger partial charge in [-0.25, -0.2) is 0 Å². The van der Waals surface area contributed by atoms with Crippen LogP contribution in [0.25, 0.3) is 0 Å². The van der Waals surface area contributed by atoms with Gasteiger partial charge in [0.1, 0.15) is 0 Å². The van der Waals surface area contributed by atoms with Crippen LogP contribution >= 0.6 is 0 Å². The molecular formula is C17H26N2O2. The summed E-state index contributed by atoms with van der Waals surface area (Å²) >= 11 is 0. The highest BCUT2D eigenvalue weighted by Crippen LogP contribution is 2.16. The predicted molar refractivity (Wildman–Crippen MR) is 86.4 cm³/mol. The monoisotopic (exact) mass is 290 g/mol. The number of rotatable bonds is 7. The summed E-state index contributed by atoms with van der Waals surface area (Å²) in [6, 6.07) is 7.93. The van der Waals surface area contributed by atoms with Crippen molar-refractivity contribution in [1.82, 2.24) is 4.90 Å². The van der Waals surface area contributed by atoms with Crippen LogP contribution in [0.5, 0.6) is 0 Å². The van der Waals surface area contributed by atoms with E-state index >= 15 is 0 Å². The fourth-order valence-electron chi connectivity index (χ4n) is 2.36. The largest absolute Gasteiger partial charge is 0.342 e. The third kappa shape index (κ3) is 5.21. The molecule has 0 aliphatic carbocycles. The molecule has 0 bridgehead atoms. The standard InChI is InChI=1S/C17H26N2O2/c1-5-11-18(15(4)20)12-10-17(21)19(6-2)16-9-7-8-14(3)13-16/h7-9,13H,5-6,10-12H2,1-4H3. The number of amides is 2. The molecule has 0 aliphatic rings. The summed E-state index contributed by atoms with van der Waals surface area (Å²) in [7, 11) is 0. The van der Waals surface area contributed by atoms with Gasteiger partial charge in [0, 0.05) is 38.7 Å². The molecule has 4 heteroatoms. The summed E-state index contributed by atoms with van der Waals surface area (Å²) < 4.78 is 0. The third-order valence-electron chi connectivity index (χ3n) is 3.47. The van der Waals surface area contributed by atoms with E-state index in [-0.39, 0.29) is 11.8 Å². The van der Waals surface area contributed by atoms with Crippen molar-refractivity contribution in [3.8, 4) is 0 Å². The number of carbonyl (C=O) groups excluding carboxylic acids is 2. The lowest BCUT2D eigenvalue weighted by Gasteiger charge is -2.24. The van der Waals surface area contributed by atoms with Crippen molar-refractivity contribution in [2.75, 3.05) is 24.5 Å². The Morgan fingerprint density at radius 3 is 2.38 bits per heavy atom. The van der Waals surface area contributed by atoms with E-state index in [1.54, 1.807) is 16.7 Å². The number of aryl methyl sites for hydroxylation is 1. The zero-order chi connectivity index (χ0) is 15.8. The van der Waals surface area contributed by atoms with Gasteiger partial charge in [-0.15, -0.1) is 0 Å². The van der Waals surface area contributed by atoms with Crippen LogP contribution in [0, 0.1) is 6.92 Å². The highest BCUT2D eigenvalue weighted by atomic mass is 16.2. The van der Waals surface area contributed by atoms with Gasteiger partial charge < -0.3 is 9.80 Å². The van der Waals surface area contributed by atoms with Gasteiger partial charge in [0.2, 0.25) is 11.8 Å². The second-order valence-corrected chi connectivity index (χ2v) is 5.23. The Labute approximate surface area is 127 Å². The van der Waals surface area contributed by atoms with Crippen molar-refractivity contribution in [2.45, 2.75) is 40.5 Å². The number of hydrogen-bond donors (Lipinski definition) is 0. The van der Waals surface area contributed by atoms with Crippen LogP contribution in [0.1, 0.15) is 39.2 Å². The Balaban J connectivity index is 2.69. The van der Waals surface area contributed by atoms with Crippen LogP contribution in [0.15, 0.2) is 24.3 Å². The first-order valence-corrected chi connectivity index (χ1v) is 7.62. The summed E-state index contributed by atoms with van der Waals surface area (Å²) in [6.07, 6.45) is 1.27. The molecule has 0 aliphatic heterocycles. The summed E-state index contributed by atoms with van der Waals surface area (Å²) in [5.74, 6) is 0.0914. The Kier molecular flexibility index (Phi) is 6.92. The van der Waals surface area contributed by atoms with E-state index < -0.39 is 0 Å². The van der Waals surface area contributed by atoms with Gasteiger partial charge in [-0.1, -0.05) is 19.1 Å². The van der Waals surface area contributed by atoms with Crippen LogP contribution < -0.4 is 4.90 Å². The second-order valence-electron chi connectivity index (χ2n) is 5.23. The summed E-state index contributed by atoms with van der Waals surface area (Å²) in [6.45, 7) is 9.40. The van der Waals surface area contributed by atoms with E-state index in [1.165, 1.54) is 0 Å². The zero-order valence-electron chi connectivity index (χ0n) is 13.6. The molecule has 0 saturated carbocycles. The molecule has 116 valence electrons. The molecule has 1 aromatic rings. The molecule has 0 N–H and O–H groups in total. The first-order valence-electron chi connectivity index (χ1n) is 7.62. The molecule has 1 rings (SSSR count). The van der Waals surface area contributed by atoms with E-state index in [0.717, 1.165) is 17.7 Å². The summed E-state index contributed by atoms with van der Waals surface area (Å²) in [5, 5.41) is 0. The summed E-state index contributed by atoms with van der Waals surface area (Å²) in [4.78, 5) is 27.4. The fraction of sp³-hybridized carbons (Fsp3) is 0.529. The molecular weight excluding hydrogens is 264 g/mol. The lowest BCUT2D eigenvalue weighted by atomic mass is 10.2. The Morgan fingerprint density at radius 1 is 1.14 bits per heavy atom. The van der Waals surface area contributed by atoms with Gasteiger partial charge in [0.25, 0.3) is 0 Å². The van der Waals surface area contributed by atoms with Gasteiger partial charge in [0.05, 0.1) is 0 Å². The van der Waals surface area contributed by atoms with Gasteiger partial charge >= 0.3 is 0 Å². The van der Waals surface area contributed by atoms with Crippen molar-refractivity contribution >= 4 is 17.5 Å². The Hall–Kier alpha value is -1.84. The smallest absolute Gasteiger partial charge is 0.228 e. The van der Waals surface area contributed by atoms with Gasteiger partial charge in [-0.2, -0.15) is 0 Å². The van der Waals surface area contributed by atoms with Crippen LogP contribution in [0.4, 0.5) is 5.69 Å². The molecule has 0 unspecified atom stereocenters. The quantitative estimate of drug-likeness (QED) is 0.774. The molecule has 0 saturated heterocycles. The molecule has 0 fully saturated rings.